The molecule has 7 nitrogen and oxygen atoms in total. The molecular formula is C32H36ClF7N4O3. The molecule has 4 rings (SSSR count). The number of benzene rings is 2. The van der Waals surface area contributed by atoms with Crippen molar-refractivity contribution in [2.24, 2.45) is 5.92 Å². The minimum absolute atomic E-state index is 0.0143. The lowest BCUT2D eigenvalue weighted by Crippen LogP contribution is -2.48. The average molecular weight is 693 g/mol. The number of amides is 4. The van der Waals surface area contributed by atoms with Crippen LogP contribution in [0.5, 0.6) is 0 Å². The molecule has 2 atom stereocenters. The molecule has 0 bridgehead atoms. The molecule has 47 heavy (non-hydrogen) atoms. The van der Waals surface area contributed by atoms with E-state index >= 15 is 0 Å². The fourth-order valence-electron chi connectivity index (χ4n) is 6.29. The van der Waals surface area contributed by atoms with E-state index in [1.807, 2.05) is 0 Å². The summed E-state index contributed by atoms with van der Waals surface area (Å²) in [6.45, 7) is 0.204. The van der Waals surface area contributed by atoms with Crippen LogP contribution < -0.4 is 10.2 Å². The Hall–Kier alpha value is -3.55. The number of likely N-dealkylation sites (tertiary alicyclic amines) is 1. The zero-order valence-corrected chi connectivity index (χ0v) is 26.6. The van der Waals surface area contributed by atoms with Crippen molar-refractivity contribution in [2.75, 3.05) is 38.0 Å². The highest BCUT2D eigenvalue weighted by Gasteiger charge is 2.43. The lowest BCUT2D eigenvalue weighted by molar-refractivity contribution is -0.143. The second kappa shape index (κ2) is 14.7. The number of likely N-dealkylation sites (N-methyl/N-ethyl adjacent to an activating group) is 1. The van der Waals surface area contributed by atoms with Gasteiger partial charge in [0.1, 0.15) is 5.82 Å². The van der Waals surface area contributed by atoms with Crippen molar-refractivity contribution >= 4 is 35.1 Å². The summed E-state index contributed by atoms with van der Waals surface area (Å²) in [5.74, 6) is -1.24. The van der Waals surface area contributed by atoms with Gasteiger partial charge in [-0.25, -0.2) is 9.18 Å². The van der Waals surface area contributed by atoms with Gasteiger partial charge in [0.2, 0.25) is 11.8 Å². The highest BCUT2D eigenvalue weighted by Crippen LogP contribution is 2.39. The van der Waals surface area contributed by atoms with Crippen molar-refractivity contribution < 1.29 is 45.1 Å². The fraction of sp³-hybridized carbons (Fsp3) is 0.531. The van der Waals surface area contributed by atoms with Crippen molar-refractivity contribution in [3.05, 3.63) is 65.0 Å². The third-order valence-electron chi connectivity index (χ3n) is 8.92. The van der Waals surface area contributed by atoms with E-state index < -0.39 is 53.0 Å². The Kier molecular flexibility index (Phi) is 11.3. The summed E-state index contributed by atoms with van der Waals surface area (Å²) in [7, 11) is 2.44. The molecule has 0 spiro atoms. The minimum Gasteiger partial charge on any atom is -0.353 e. The first-order valence-electron chi connectivity index (χ1n) is 15.2. The molecule has 2 aromatic carbocycles. The van der Waals surface area contributed by atoms with Gasteiger partial charge in [-0.05, 0) is 68.0 Å². The zero-order valence-electron chi connectivity index (χ0n) is 25.8. The number of halogens is 8. The van der Waals surface area contributed by atoms with Gasteiger partial charge in [0.15, 0.2) is 0 Å². The first-order valence-corrected chi connectivity index (χ1v) is 15.7. The van der Waals surface area contributed by atoms with Crippen LogP contribution in [0, 0.1) is 11.7 Å². The van der Waals surface area contributed by atoms with Crippen LogP contribution >= 0.6 is 11.6 Å². The van der Waals surface area contributed by atoms with E-state index in [1.54, 1.807) is 4.90 Å². The Morgan fingerprint density at radius 1 is 0.894 bits per heavy atom. The molecule has 1 saturated heterocycles. The largest absolute Gasteiger partial charge is 0.416 e. The first kappa shape index (κ1) is 36.3. The maximum atomic E-state index is 13.8. The number of carbonyl (C=O) groups excluding carboxylic acids is 3. The molecule has 1 heterocycles. The summed E-state index contributed by atoms with van der Waals surface area (Å²) < 4.78 is 94.8. The Morgan fingerprint density at radius 3 is 2.00 bits per heavy atom. The highest BCUT2D eigenvalue weighted by molar-refractivity contribution is 6.17. The first-order chi connectivity index (χ1) is 22.0. The van der Waals surface area contributed by atoms with Gasteiger partial charge in [-0.2, -0.15) is 26.3 Å². The number of rotatable bonds is 8. The van der Waals surface area contributed by atoms with E-state index in [2.05, 4.69) is 5.32 Å². The lowest BCUT2D eigenvalue weighted by Gasteiger charge is -2.33. The quantitative estimate of drug-likeness (QED) is 0.238. The van der Waals surface area contributed by atoms with E-state index in [0.717, 1.165) is 7.05 Å². The lowest BCUT2D eigenvalue weighted by atomic mass is 9.85. The van der Waals surface area contributed by atoms with E-state index in [-0.39, 0.29) is 42.9 Å². The smallest absolute Gasteiger partial charge is 0.353 e. The average Bonchev–Trinajstić information content (AvgIpc) is 3.47. The maximum Gasteiger partial charge on any atom is 0.416 e. The number of carbonyl (C=O) groups is 3. The summed E-state index contributed by atoms with van der Waals surface area (Å²) in [5, 5.41) is 2.97. The van der Waals surface area contributed by atoms with Gasteiger partial charge >= 0.3 is 18.4 Å². The summed E-state index contributed by atoms with van der Waals surface area (Å²) >= 11 is 5.65. The van der Waals surface area contributed by atoms with Crippen LogP contribution in [-0.4, -0.2) is 72.8 Å². The van der Waals surface area contributed by atoms with E-state index in [9.17, 15) is 45.1 Å². The van der Waals surface area contributed by atoms with Crippen molar-refractivity contribution in [2.45, 2.75) is 68.9 Å². The van der Waals surface area contributed by atoms with Gasteiger partial charge in [0.25, 0.3) is 0 Å². The number of anilines is 1. The molecule has 0 aromatic heterocycles. The van der Waals surface area contributed by atoms with E-state index in [0.29, 0.717) is 67.0 Å². The van der Waals surface area contributed by atoms with Crippen LogP contribution in [-0.2, 0) is 21.9 Å². The number of nitrogens with zero attached hydrogens (tertiary/aromatic N) is 3. The van der Waals surface area contributed by atoms with E-state index in [1.165, 1.54) is 36.2 Å². The summed E-state index contributed by atoms with van der Waals surface area (Å²) in [6.07, 6.45) is -7.06. The van der Waals surface area contributed by atoms with Gasteiger partial charge in [-0.3, -0.25) is 14.5 Å². The molecule has 1 aliphatic carbocycles. The number of urea groups is 1. The van der Waals surface area contributed by atoms with Crippen LogP contribution in [0.1, 0.15) is 61.1 Å². The molecule has 1 saturated carbocycles. The molecule has 2 aromatic rings. The number of nitrogens with one attached hydrogen (secondary N) is 1. The predicted octanol–water partition coefficient (Wildman–Crippen LogP) is 7.04. The zero-order chi connectivity index (χ0) is 34.7. The maximum absolute atomic E-state index is 13.8. The molecule has 0 unspecified atom stereocenters. The molecule has 15 heteroatoms. The fourth-order valence-corrected chi connectivity index (χ4v) is 6.42. The molecule has 1 aliphatic heterocycles. The molecule has 1 N–H and O–H groups in total. The molecular weight excluding hydrogens is 657 g/mol. The number of alkyl halides is 7. The van der Waals surface area contributed by atoms with Crippen LogP contribution in [0.4, 0.5) is 41.2 Å². The topological polar surface area (TPSA) is 73.0 Å². The summed E-state index contributed by atoms with van der Waals surface area (Å²) in [6, 6.07) is 4.74. The summed E-state index contributed by atoms with van der Waals surface area (Å²) in [5.41, 5.74) is -3.12. The van der Waals surface area contributed by atoms with E-state index in [4.69, 9.17) is 11.6 Å². The van der Waals surface area contributed by atoms with Crippen molar-refractivity contribution in [1.29, 1.82) is 0 Å². The van der Waals surface area contributed by atoms with Crippen molar-refractivity contribution in [1.82, 2.24) is 15.1 Å². The van der Waals surface area contributed by atoms with Gasteiger partial charge in [0, 0.05) is 63.1 Å². The highest BCUT2D eigenvalue weighted by atomic mass is 35.5. The SMILES string of the molecule is CN(C(=O)N(C)[C@@H]1CN(C(=O)[C@H]2CC[C@H](NC(=O)CCCCl)CC2)C[C@H]1c1ccc(F)cc1)c1cc(C(F)(F)F)cc(C(F)(F)F)c1. The molecule has 4 amide bonds. The molecule has 2 aliphatic rings. The van der Waals surface area contributed by atoms with Gasteiger partial charge in [-0.1, -0.05) is 12.1 Å². The summed E-state index contributed by atoms with van der Waals surface area (Å²) in [4.78, 5) is 42.9. The molecule has 258 valence electrons. The van der Waals surface area contributed by atoms with Crippen LogP contribution in [0.2, 0.25) is 0 Å². The van der Waals surface area contributed by atoms with Crippen LogP contribution in [0.15, 0.2) is 42.5 Å². The monoisotopic (exact) mass is 692 g/mol. The standard InChI is InChI=1S/C32H36ClF7N4O3/c1-42(25-15-21(31(35,36)37)14-22(16-25)32(38,39)40)30(47)43(2)27-18-44(17-26(27)19-5-9-23(34)10-6-19)29(46)20-7-11-24(12-8-20)41-28(45)4-3-13-33/h5-6,9-10,14-16,20,24,26-27H,3-4,7-8,11-13,17-18H2,1-2H3,(H,41,45)/t20-,24-,26-,27+/m0/s1. The normalized spacial score (nSPS) is 21.8. The Morgan fingerprint density at radius 2 is 1.47 bits per heavy atom. The third-order valence-corrected chi connectivity index (χ3v) is 9.19. The predicted molar refractivity (Wildman–Crippen MR) is 161 cm³/mol. The van der Waals surface area contributed by atoms with Gasteiger partial charge < -0.3 is 15.1 Å². The van der Waals surface area contributed by atoms with Crippen molar-refractivity contribution in [3.63, 3.8) is 0 Å². The second-order valence-corrected chi connectivity index (χ2v) is 12.5. The van der Waals surface area contributed by atoms with Crippen LogP contribution in [0.3, 0.4) is 0 Å². The Labute approximate surface area is 273 Å². The Balaban J connectivity index is 1.53. The van der Waals surface area contributed by atoms with Gasteiger partial charge in [0.05, 0.1) is 17.2 Å². The third kappa shape index (κ3) is 8.88. The molecule has 2 fully saturated rings. The second-order valence-electron chi connectivity index (χ2n) is 12.1. The number of hydrogen-bond acceptors (Lipinski definition) is 3. The number of hydrogen-bond donors (Lipinski definition) is 1. The molecule has 0 radical (unpaired) electrons. The van der Waals surface area contributed by atoms with Crippen LogP contribution in [0.25, 0.3) is 0 Å². The minimum atomic E-state index is -5.10. The van der Waals surface area contributed by atoms with Gasteiger partial charge in [-0.15, -0.1) is 11.6 Å². The Bertz CT molecular complexity index is 1400. The van der Waals surface area contributed by atoms with Crippen molar-refractivity contribution in [3.8, 4) is 0 Å².